The minimum atomic E-state index is -0.363. The Hall–Kier alpha value is -3.01. The van der Waals surface area contributed by atoms with Crippen molar-refractivity contribution >= 4 is 11.6 Å². The number of rotatable bonds is 7. The molecule has 0 saturated carbocycles. The first-order valence-corrected chi connectivity index (χ1v) is 14.7. The molecule has 0 fully saturated rings. The first-order valence-electron chi connectivity index (χ1n) is 14.7. The summed E-state index contributed by atoms with van der Waals surface area (Å²) >= 11 is 0. The van der Waals surface area contributed by atoms with E-state index in [9.17, 15) is 9.90 Å². The maximum absolute atomic E-state index is 14.1. The third-order valence-corrected chi connectivity index (χ3v) is 7.93. The Morgan fingerprint density at radius 2 is 1.78 bits per heavy atom. The molecule has 9 nitrogen and oxygen atoms in total. The number of ether oxygens (including phenoxy) is 4. The minimum absolute atomic E-state index is 0.0235. The molecule has 0 bridgehead atoms. The molecule has 2 aliphatic rings. The molecule has 0 aromatic heterocycles. The van der Waals surface area contributed by atoms with Gasteiger partial charge in [-0.1, -0.05) is 13.0 Å². The molecule has 0 spiro atoms. The minimum Gasteiger partial charge on any atom is -0.490 e. The predicted octanol–water partition coefficient (Wildman–Crippen LogP) is 4.41. The fourth-order valence-corrected chi connectivity index (χ4v) is 5.37. The zero-order valence-electron chi connectivity index (χ0n) is 25.5. The van der Waals surface area contributed by atoms with Gasteiger partial charge in [-0.2, -0.15) is 0 Å². The van der Waals surface area contributed by atoms with Crippen LogP contribution in [0.15, 0.2) is 36.4 Å². The van der Waals surface area contributed by atoms with Crippen LogP contribution in [-0.4, -0.2) is 93.3 Å². The molecule has 0 saturated heterocycles. The standard InChI is InChI=1S/C32H47N3O6/c1-22-17-35(23(2)20-36)32(37)27-16-26(33(4)5)11-13-28(27)41-24(3)9-7-8-14-38-31(22)19-34(6)18-25-10-12-29-30(15-25)40-21-39-29/h10-13,15-16,22-24,31,36H,7-9,14,17-21H2,1-6H3/t22-,23-,24-,31-/m0/s1. The summed E-state index contributed by atoms with van der Waals surface area (Å²) < 4.78 is 23.8. The average molecular weight is 570 g/mol. The van der Waals surface area contributed by atoms with Crippen LogP contribution in [0.3, 0.4) is 0 Å². The van der Waals surface area contributed by atoms with Crippen LogP contribution in [0.2, 0.25) is 0 Å². The van der Waals surface area contributed by atoms with E-state index in [-0.39, 0.29) is 43.5 Å². The molecule has 0 unspecified atom stereocenters. The molecular weight excluding hydrogens is 522 g/mol. The van der Waals surface area contributed by atoms with Gasteiger partial charge in [-0.25, -0.2) is 0 Å². The van der Waals surface area contributed by atoms with Crippen LogP contribution in [0, 0.1) is 5.92 Å². The van der Waals surface area contributed by atoms with Crippen LogP contribution in [0.25, 0.3) is 0 Å². The van der Waals surface area contributed by atoms with Crippen molar-refractivity contribution in [3.63, 3.8) is 0 Å². The third kappa shape index (κ3) is 8.05. The highest BCUT2D eigenvalue weighted by molar-refractivity contribution is 5.98. The zero-order chi connectivity index (χ0) is 29.5. The predicted molar refractivity (Wildman–Crippen MR) is 160 cm³/mol. The summed E-state index contributed by atoms with van der Waals surface area (Å²) in [5.74, 6) is 2.02. The van der Waals surface area contributed by atoms with Crippen LogP contribution in [0.1, 0.15) is 56.0 Å². The number of carbonyl (C=O) groups is 1. The van der Waals surface area contributed by atoms with Gasteiger partial charge in [0.2, 0.25) is 6.79 Å². The number of anilines is 1. The summed E-state index contributed by atoms with van der Waals surface area (Å²) in [6.07, 6.45) is 2.64. The molecule has 2 aromatic rings. The van der Waals surface area contributed by atoms with Crippen LogP contribution >= 0.6 is 0 Å². The van der Waals surface area contributed by atoms with Crippen molar-refractivity contribution in [3.8, 4) is 17.2 Å². The second kappa shape index (κ2) is 14.2. The van der Waals surface area contributed by atoms with Gasteiger partial charge in [-0.3, -0.25) is 9.69 Å². The third-order valence-electron chi connectivity index (χ3n) is 7.93. The summed E-state index contributed by atoms with van der Waals surface area (Å²) in [6.45, 7) is 8.71. The van der Waals surface area contributed by atoms with Gasteiger partial charge < -0.3 is 33.9 Å². The van der Waals surface area contributed by atoms with Gasteiger partial charge in [0.15, 0.2) is 11.5 Å². The monoisotopic (exact) mass is 569 g/mol. The van der Waals surface area contributed by atoms with Gasteiger partial charge in [0.1, 0.15) is 5.75 Å². The Labute approximate surface area is 244 Å². The quantitative estimate of drug-likeness (QED) is 0.525. The number of likely N-dealkylation sites (N-methyl/N-ethyl adjacent to an activating group) is 1. The number of nitrogens with zero attached hydrogens (tertiary/aromatic N) is 3. The number of fused-ring (bicyclic) bond motifs is 2. The summed E-state index contributed by atoms with van der Waals surface area (Å²) in [5, 5.41) is 10.1. The fraction of sp³-hybridized carbons (Fsp3) is 0.594. The second-order valence-electron chi connectivity index (χ2n) is 11.8. The Morgan fingerprint density at radius 1 is 1.02 bits per heavy atom. The van der Waals surface area contributed by atoms with Crippen molar-refractivity contribution < 1.29 is 28.8 Å². The molecular formula is C32H47N3O6. The smallest absolute Gasteiger partial charge is 0.258 e. The Bertz CT molecular complexity index is 1160. The molecule has 1 amide bonds. The van der Waals surface area contributed by atoms with E-state index < -0.39 is 0 Å². The molecule has 2 aromatic carbocycles. The number of aliphatic hydroxyl groups excluding tert-OH is 1. The Balaban J connectivity index is 1.57. The number of hydrogen-bond donors (Lipinski definition) is 1. The highest BCUT2D eigenvalue weighted by atomic mass is 16.7. The van der Waals surface area contributed by atoms with Crippen molar-refractivity contribution in [3.05, 3.63) is 47.5 Å². The molecule has 2 aliphatic heterocycles. The van der Waals surface area contributed by atoms with Crippen LogP contribution in [0.4, 0.5) is 5.69 Å². The van der Waals surface area contributed by atoms with E-state index >= 15 is 0 Å². The largest absolute Gasteiger partial charge is 0.490 e. The van der Waals surface area contributed by atoms with Crippen molar-refractivity contribution in [1.29, 1.82) is 0 Å². The highest BCUT2D eigenvalue weighted by Gasteiger charge is 2.30. The first kappa shape index (κ1) is 30.9. The number of benzene rings is 2. The molecule has 226 valence electrons. The van der Waals surface area contributed by atoms with E-state index in [1.165, 1.54) is 0 Å². The molecule has 9 heteroatoms. The molecule has 2 heterocycles. The maximum Gasteiger partial charge on any atom is 0.258 e. The fourth-order valence-electron chi connectivity index (χ4n) is 5.37. The van der Waals surface area contributed by atoms with Crippen molar-refractivity contribution in [2.24, 2.45) is 5.92 Å². The summed E-state index contributed by atoms with van der Waals surface area (Å²) in [6, 6.07) is 11.5. The molecule has 1 N–H and O–H groups in total. The van der Waals surface area contributed by atoms with E-state index in [0.717, 1.165) is 48.6 Å². The summed E-state index contributed by atoms with van der Waals surface area (Å²) in [7, 11) is 6.00. The van der Waals surface area contributed by atoms with Crippen LogP contribution in [-0.2, 0) is 11.3 Å². The maximum atomic E-state index is 14.1. The summed E-state index contributed by atoms with van der Waals surface area (Å²) in [4.78, 5) is 20.1. The lowest BCUT2D eigenvalue weighted by atomic mass is 10.0. The van der Waals surface area contributed by atoms with Gasteiger partial charge in [0, 0.05) is 51.9 Å². The van der Waals surface area contributed by atoms with Crippen LogP contribution in [0.5, 0.6) is 17.2 Å². The average Bonchev–Trinajstić information content (AvgIpc) is 3.42. The number of hydrogen-bond acceptors (Lipinski definition) is 8. The van der Waals surface area contributed by atoms with Gasteiger partial charge in [0.05, 0.1) is 30.4 Å². The molecule has 4 atom stereocenters. The molecule has 4 rings (SSSR count). The normalized spacial score (nSPS) is 22.6. The second-order valence-corrected chi connectivity index (χ2v) is 11.8. The van der Waals surface area contributed by atoms with Gasteiger partial charge >= 0.3 is 0 Å². The van der Waals surface area contributed by atoms with Gasteiger partial charge in [0.25, 0.3) is 5.91 Å². The first-order chi connectivity index (χ1) is 19.7. The Morgan fingerprint density at radius 3 is 2.54 bits per heavy atom. The topological polar surface area (TPSA) is 83.9 Å². The van der Waals surface area contributed by atoms with Gasteiger partial charge in [-0.15, -0.1) is 0 Å². The molecule has 41 heavy (non-hydrogen) atoms. The highest BCUT2D eigenvalue weighted by Crippen LogP contribution is 2.33. The van der Waals surface area contributed by atoms with Crippen LogP contribution < -0.4 is 19.1 Å². The molecule has 0 radical (unpaired) electrons. The van der Waals surface area contributed by atoms with Crippen molar-refractivity contribution in [1.82, 2.24) is 9.80 Å². The van der Waals surface area contributed by atoms with E-state index in [1.807, 2.05) is 63.2 Å². The van der Waals surface area contributed by atoms with E-state index in [0.29, 0.717) is 31.0 Å². The number of aliphatic hydroxyl groups is 1. The van der Waals surface area contributed by atoms with Crippen molar-refractivity contribution in [2.75, 3.05) is 59.1 Å². The van der Waals surface area contributed by atoms with E-state index in [2.05, 4.69) is 24.9 Å². The van der Waals surface area contributed by atoms with Crippen molar-refractivity contribution in [2.45, 2.75) is 64.8 Å². The Kier molecular flexibility index (Phi) is 10.8. The summed E-state index contributed by atoms with van der Waals surface area (Å²) in [5.41, 5.74) is 2.58. The lowest BCUT2D eigenvalue weighted by molar-refractivity contribution is -0.0177. The van der Waals surface area contributed by atoms with E-state index in [1.54, 1.807) is 4.90 Å². The zero-order valence-corrected chi connectivity index (χ0v) is 25.5. The number of amides is 1. The van der Waals surface area contributed by atoms with E-state index in [4.69, 9.17) is 18.9 Å². The number of carbonyl (C=O) groups excluding carboxylic acids is 1. The van der Waals surface area contributed by atoms with Gasteiger partial charge in [-0.05, 0) is 76.1 Å². The lowest BCUT2D eigenvalue weighted by Crippen LogP contribution is -2.47. The lowest BCUT2D eigenvalue weighted by Gasteiger charge is -2.36. The SMILES string of the molecule is C[C@H]1CCCCO[C@@H](CN(C)Cc2ccc3c(c2)OCO3)[C@@H](C)CN([C@@H](C)CO)C(=O)c2cc(N(C)C)ccc2O1. The molecule has 0 aliphatic carbocycles.